The Morgan fingerprint density at radius 1 is 1.29 bits per heavy atom. The van der Waals surface area contributed by atoms with Gasteiger partial charge in [-0.25, -0.2) is 13.1 Å². The lowest BCUT2D eigenvalue weighted by molar-refractivity contribution is -0.139. The third kappa shape index (κ3) is 5.03. The lowest BCUT2D eigenvalue weighted by atomic mass is 9.88. The fourth-order valence-electron chi connectivity index (χ4n) is 3.20. The summed E-state index contributed by atoms with van der Waals surface area (Å²) in [6, 6.07) is 6.15. The third-order valence-corrected chi connectivity index (χ3v) is 6.01. The van der Waals surface area contributed by atoms with Gasteiger partial charge in [0.15, 0.2) is 0 Å². The highest BCUT2D eigenvalue weighted by Gasteiger charge is 2.26. The summed E-state index contributed by atoms with van der Waals surface area (Å²) in [6.45, 7) is 0.486. The van der Waals surface area contributed by atoms with Crippen molar-refractivity contribution in [2.45, 2.75) is 42.9 Å². The van der Waals surface area contributed by atoms with Crippen molar-refractivity contribution in [3.63, 3.8) is 0 Å². The van der Waals surface area contributed by atoms with E-state index in [1.807, 2.05) is 0 Å². The maximum Gasteiger partial charge on any atom is 0.310 e. The zero-order chi connectivity index (χ0) is 17.6. The Labute approximate surface area is 143 Å². The van der Waals surface area contributed by atoms with E-state index in [9.17, 15) is 18.3 Å². The van der Waals surface area contributed by atoms with Crippen LogP contribution in [-0.4, -0.2) is 39.8 Å². The van der Waals surface area contributed by atoms with Gasteiger partial charge in [-0.15, -0.1) is 0 Å². The van der Waals surface area contributed by atoms with Crippen LogP contribution in [-0.2, 0) is 19.6 Å². The molecule has 0 bridgehead atoms. The van der Waals surface area contributed by atoms with Crippen molar-refractivity contribution in [2.24, 2.45) is 5.92 Å². The molecule has 1 fully saturated rings. The molecule has 1 atom stereocenters. The molecule has 1 aliphatic carbocycles. The molecule has 1 unspecified atom stereocenters. The summed E-state index contributed by atoms with van der Waals surface area (Å²) in [6.07, 6.45) is 5.12. The number of nitrogens with one attached hydrogen (secondary N) is 1. The summed E-state index contributed by atoms with van der Waals surface area (Å²) in [4.78, 5) is 11.7. The van der Waals surface area contributed by atoms with Crippen LogP contribution in [0.15, 0.2) is 29.2 Å². The van der Waals surface area contributed by atoms with Crippen LogP contribution in [0.25, 0.3) is 0 Å². The SMILES string of the molecule is COCCNS(=O)(=O)c1ccc(C(CC2CCCC2)C(=O)O)cc1. The molecule has 0 heterocycles. The third-order valence-electron chi connectivity index (χ3n) is 4.53. The highest BCUT2D eigenvalue weighted by atomic mass is 32.2. The largest absolute Gasteiger partial charge is 0.481 e. The van der Waals surface area contributed by atoms with Gasteiger partial charge in [-0.1, -0.05) is 37.8 Å². The molecule has 0 radical (unpaired) electrons. The van der Waals surface area contributed by atoms with Crippen LogP contribution < -0.4 is 4.72 Å². The monoisotopic (exact) mass is 355 g/mol. The number of methoxy groups -OCH3 is 1. The van der Waals surface area contributed by atoms with E-state index in [0.717, 1.165) is 12.8 Å². The lowest BCUT2D eigenvalue weighted by Crippen LogP contribution is -2.27. The first-order chi connectivity index (χ1) is 11.4. The van der Waals surface area contributed by atoms with Crippen LogP contribution in [0.5, 0.6) is 0 Å². The van der Waals surface area contributed by atoms with Gasteiger partial charge in [0.1, 0.15) is 0 Å². The zero-order valence-corrected chi connectivity index (χ0v) is 14.7. The minimum absolute atomic E-state index is 0.132. The van der Waals surface area contributed by atoms with Gasteiger partial charge < -0.3 is 9.84 Å². The highest BCUT2D eigenvalue weighted by Crippen LogP contribution is 2.34. The van der Waals surface area contributed by atoms with Crippen molar-refractivity contribution in [3.05, 3.63) is 29.8 Å². The number of benzene rings is 1. The van der Waals surface area contributed by atoms with Gasteiger partial charge in [0.25, 0.3) is 0 Å². The van der Waals surface area contributed by atoms with Gasteiger partial charge >= 0.3 is 5.97 Å². The highest BCUT2D eigenvalue weighted by molar-refractivity contribution is 7.89. The molecular formula is C17H25NO5S. The molecule has 0 spiro atoms. The summed E-state index contributed by atoms with van der Waals surface area (Å²) >= 11 is 0. The number of carboxylic acids is 1. The van der Waals surface area contributed by atoms with Crippen LogP contribution >= 0.6 is 0 Å². The molecule has 7 heteroatoms. The van der Waals surface area contributed by atoms with E-state index in [2.05, 4.69) is 4.72 Å². The van der Waals surface area contributed by atoms with Crippen molar-refractivity contribution in [3.8, 4) is 0 Å². The molecule has 2 N–H and O–H groups in total. The molecule has 0 aliphatic heterocycles. The number of carboxylic acid groups (broad SMARTS) is 1. The Hall–Kier alpha value is -1.44. The molecular weight excluding hydrogens is 330 g/mol. The topological polar surface area (TPSA) is 92.7 Å². The predicted molar refractivity (Wildman–Crippen MR) is 90.5 cm³/mol. The maximum absolute atomic E-state index is 12.1. The van der Waals surface area contributed by atoms with Crippen LogP contribution in [0, 0.1) is 5.92 Å². The van der Waals surface area contributed by atoms with E-state index in [-0.39, 0.29) is 11.4 Å². The molecule has 0 aromatic heterocycles. The Balaban J connectivity index is 2.09. The van der Waals surface area contributed by atoms with Gasteiger partial charge in [0.2, 0.25) is 10.0 Å². The van der Waals surface area contributed by atoms with Crippen molar-refractivity contribution in [1.29, 1.82) is 0 Å². The molecule has 1 saturated carbocycles. The smallest absolute Gasteiger partial charge is 0.310 e. The number of aliphatic carboxylic acids is 1. The van der Waals surface area contributed by atoms with Gasteiger partial charge in [-0.05, 0) is 30.0 Å². The summed E-state index contributed by atoms with van der Waals surface area (Å²) in [5, 5.41) is 9.51. The summed E-state index contributed by atoms with van der Waals surface area (Å²) in [5.41, 5.74) is 0.658. The van der Waals surface area contributed by atoms with Crippen LogP contribution in [0.3, 0.4) is 0 Å². The molecule has 0 amide bonds. The van der Waals surface area contributed by atoms with Crippen LogP contribution in [0.1, 0.15) is 43.6 Å². The van der Waals surface area contributed by atoms with Gasteiger partial charge in [0.05, 0.1) is 17.4 Å². The second-order valence-corrected chi connectivity index (χ2v) is 8.00. The minimum Gasteiger partial charge on any atom is -0.481 e. The van der Waals surface area contributed by atoms with E-state index in [1.54, 1.807) is 12.1 Å². The van der Waals surface area contributed by atoms with Crippen molar-refractivity contribution in [1.82, 2.24) is 4.72 Å². The average Bonchev–Trinajstić information content (AvgIpc) is 3.06. The number of hydrogen-bond acceptors (Lipinski definition) is 4. The van der Waals surface area contributed by atoms with E-state index in [4.69, 9.17) is 4.74 Å². The van der Waals surface area contributed by atoms with Crippen LogP contribution in [0.4, 0.5) is 0 Å². The molecule has 6 nitrogen and oxygen atoms in total. The standard InChI is InChI=1S/C17H25NO5S/c1-23-11-10-18-24(21,22)15-8-6-14(7-9-15)16(17(19)20)12-13-4-2-3-5-13/h6-9,13,16,18H,2-5,10-12H2,1H3,(H,19,20). The second-order valence-electron chi connectivity index (χ2n) is 6.24. The predicted octanol–water partition coefficient (Wildman–Crippen LogP) is 2.36. The number of ether oxygens (including phenoxy) is 1. The molecule has 2 rings (SSSR count). The summed E-state index contributed by atoms with van der Waals surface area (Å²) in [7, 11) is -2.10. The summed E-state index contributed by atoms with van der Waals surface area (Å²) in [5.74, 6) is -0.979. The Morgan fingerprint density at radius 3 is 2.46 bits per heavy atom. The maximum atomic E-state index is 12.1. The zero-order valence-electron chi connectivity index (χ0n) is 13.9. The Bertz CT molecular complexity index is 635. The average molecular weight is 355 g/mol. The van der Waals surface area contributed by atoms with E-state index >= 15 is 0 Å². The molecule has 1 aromatic rings. The Kier molecular flexibility index (Phi) is 6.77. The number of rotatable bonds is 9. The first-order valence-corrected chi connectivity index (χ1v) is 9.73. The molecule has 24 heavy (non-hydrogen) atoms. The van der Waals surface area contributed by atoms with Gasteiger partial charge in [-0.3, -0.25) is 4.79 Å². The van der Waals surface area contributed by atoms with E-state index in [1.165, 1.54) is 32.1 Å². The number of hydrogen-bond donors (Lipinski definition) is 2. The lowest BCUT2D eigenvalue weighted by Gasteiger charge is -2.17. The number of sulfonamides is 1. The fraction of sp³-hybridized carbons (Fsp3) is 0.588. The molecule has 134 valence electrons. The van der Waals surface area contributed by atoms with E-state index < -0.39 is 21.9 Å². The second kappa shape index (κ2) is 8.60. The van der Waals surface area contributed by atoms with Gasteiger partial charge in [0, 0.05) is 13.7 Å². The fourth-order valence-corrected chi connectivity index (χ4v) is 4.21. The normalized spacial score (nSPS) is 17.0. The number of carbonyl (C=O) groups is 1. The minimum atomic E-state index is -3.60. The quantitative estimate of drug-likeness (QED) is 0.663. The van der Waals surface area contributed by atoms with Gasteiger partial charge in [-0.2, -0.15) is 0 Å². The first-order valence-electron chi connectivity index (χ1n) is 8.25. The van der Waals surface area contributed by atoms with Crippen LogP contribution in [0.2, 0.25) is 0 Å². The summed E-state index contributed by atoms with van der Waals surface area (Å²) < 4.78 is 31.5. The molecule has 1 aliphatic rings. The molecule has 1 aromatic carbocycles. The Morgan fingerprint density at radius 2 is 1.92 bits per heavy atom. The molecule has 0 saturated heterocycles. The van der Waals surface area contributed by atoms with Crippen molar-refractivity contribution < 1.29 is 23.1 Å². The van der Waals surface area contributed by atoms with Crippen molar-refractivity contribution in [2.75, 3.05) is 20.3 Å². The van der Waals surface area contributed by atoms with Crippen molar-refractivity contribution >= 4 is 16.0 Å². The first kappa shape index (κ1) is 18.9. The van der Waals surface area contributed by atoms with E-state index in [0.29, 0.717) is 24.5 Å².